The van der Waals surface area contributed by atoms with E-state index in [2.05, 4.69) is 10.3 Å². The topological polar surface area (TPSA) is 77.1 Å². The summed E-state index contributed by atoms with van der Waals surface area (Å²) in [5.41, 5.74) is 4.88. The first-order valence-electron chi connectivity index (χ1n) is 10.4. The second kappa shape index (κ2) is 7.72. The molecule has 0 aliphatic carbocycles. The first-order chi connectivity index (χ1) is 16.2. The van der Waals surface area contributed by atoms with Gasteiger partial charge in [0.25, 0.3) is 0 Å². The lowest BCUT2D eigenvalue weighted by Gasteiger charge is -2.08. The first-order valence-corrected chi connectivity index (χ1v) is 10.8. The molecule has 3 heterocycles. The molecule has 0 aliphatic rings. The Morgan fingerprint density at radius 3 is 2.61 bits per heavy atom. The minimum absolute atomic E-state index is 0.135. The molecule has 3 aromatic carbocycles. The number of rotatable bonds is 4. The van der Waals surface area contributed by atoms with E-state index in [1.807, 2.05) is 71.2 Å². The standard InChI is InChI=1S/C25H17ClN6O/c26-17-7-5-16(6-8-17)24-19-3-1-2-4-20(19)25-29-21-13-18(9-10-22(21)32(25)30-24)28-23(33)14-31-12-11-27-15-31/h1-13,15H,14H2,(H,28,33). The fourth-order valence-corrected chi connectivity index (χ4v) is 4.15. The number of imidazole rings is 2. The smallest absolute Gasteiger partial charge is 0.244 e. The summed E-state index contributed by atoms with van der Waals surface area (Å²) in [5, 5.41) is 10.6. The predicted octanol–water partition coefficient (Wildman–Crippen LogP) is 5.19. The van der Waals surface area contributed by atoms with Crippen molar-refractivity contribution < 1.29 is 4.79 Å². The van der Waals surface area contributed by atoms with Crippen molar-refractivity contribution in [3.05, 3.63) is 90.5 Å². The van der Waals surface area contributed by atoms with E-state index < -0.39 is 0 Å². The Hall–Kier alpha value is -4.23. The van der Waals surface area contributed by atoms with Gasteiger partial charge >= 0.3 is 0 Å². The van der Waals surface area contributed by atoms with Crippen molar-refractivity contribution in [3.63, 3.8) is 0 Å². The van der Waals surface area contributed by atoms with Gasteiger partial charge in [0.15, 0.2) is 5.65 Å². The summed E-state index contributed by atoms with van der Waals surface area (Å²) in [5.74, 6) is -0.135. The lowest BCUT2D eigenvalue weighted by Crippen LogP contribution is -2.17. The van der Waals surface area contributed by atoms with Crippen LogP contribution in [0.3, 0.4) is 0 Å². The van der Waals surface area contributed by atoms with Crippen LogP contribution in [-0.2, 0) is 11.3 Å². The zero-order valence-electron chi connectivity index (χ0n) is 17.3. The number of nitrogens with one attached hydrogen (secondary N) is 1. The molecule has 0 saturated carbocycles. The van der Waals surface area contributed by atoms with Crippen molar-refractivity contribution in [1.29, 1.82) is 0 Å². The van der Waals surface area contributed by atoms with Gasteiger partial charge in [0.2, 0.25) is 5.91 Å². The number of halogens is 1. The van der Waals surface area contributed by atoms with E-state index in [-0.39, 0.29) is 12.5 Å². The second-order valence-electron chi connectivity index (χ2n) is 7.73. The summed E-state index contributed by atoms with van der Waals surface area (Å²) < 4.78 is 3.58. The Kier molecular flexibility index (Phi) is 4.55. The molecule has 8 heteroatoms. The van der Waals surface area contributed by atoms with Crippen LogP contribution in [0.4, 0.5) is 5.69 Å². The third-order valence-electron chi connectivity index (χ3n) is 5.54. The number of fused-ring (bicyclic) bond motifs is 5. The minimum atomic E-state index is -0.135. The van der Waals surface area contributed by atoms with Gasteiger partial charge in [0, 0.05) is 39.4 Å². The Morgan fingerprint density at radius 1 is 1.00 bits per heavy atom. The molecule has 0 atom stereocenters. The molecule has 1 amide bonds. The van der Waals surface area contributed by atoms with Gasteiger partial charge in [-0.1, -0.05) is 48.0 Å². The van der Waals surface area contributed by atoms with Crippen molar-refractivity contribution in [2.75, 3.05) is 5.32 Å². The van der Waals surface area contributed by atoms with Gasteiger partial charge in [-0.2, -0.15) is 5.10 Å². The van der Waals surface area contributed by atoms with Crippen LogP contribution < -0.4 is 5.32 Å². The predicted molar refractivity (Wildman–Crippen MR) is 129 cm³/mol. The van der Waals surface area contributed by atoms with Crippen molar-refractivity contribution in [1.82, 2.24) is 24.1 Å². The molecule has 0 aliphatic heterocycles. The molecular formula is C25H17ClN6O. The van der Waals surface area contributed by atoms with Gasteiger partial charge < -0.3 is 9.88 Å². The summed E-state index contributed by atoms with van der Waals surface area (Å²) in [6.07, 6.45) is 5.01. The molecule has 7 nitrogen and oxygen atoms in total. The molecule has 6 aromatic rings. The van der Waals surface area contributed by atoms with Crippen LogP contribution >= 0.6 is 11.6 Å². The highest BCUT2D eigenvalue weighted by Crippen LogP contribution is 2.32. The van der Waals surface area contributed by atoms with Crippen LogP contribution in [0.25, 0.3) is 38.7 Å². The van der Waals surface area contributed by atoms with E-state index in [0.717, 1.165) is 38.7 Å². The fraction of sp³-hybridized carbons (Fsp3) is 0.0400. The lowest BCUT2D eigenvalue weighted by atomic mass is 10.1. The van der Waals surface area contributed by atoms with Crippen LogP contribution in [0, 0.1) is 0 Å². The Balaban J connectivity index is 1.46. The molecule has 6 rings (SSSR count). The van der Waals surface area contributed by atoms with Crippen LogP contribution in [0.2, 0.25) is 5.02 Å². The number of nitrogens with zero attached hydrogens (tertiary/aromatic N) is 5. The molecule has 0 fully saturated rings. The number of hydrogen-bond acceptors (Lipinski definition) is 4. The normalized spacial score (nSPS) is 11.4. The summed E-state index contributed by atoms with van der Waals surface area (Å²) in [4.78, 5) is 21.2. The third kappa shape index (κ3) is 3.48. The van der Waals surface area contributed by atoms with E-state index in [1.165, 1.54) is 0 Å². The second-order valence-corrected chi connectivity index (χ2v) is 8.17. The largest absolute Gasteiger partial charge is 0.328 e. The number of carbonyl (C=O) groups excluding carboxylic acids is 1. The quantitative estimate of drug-likeness (QED) is 0.399. The van der Waals surface area contributed by atoms with Gasteiger partial charge in [0.1, 0.15) is 6.54 Å². The van der Waals surface area contributed by atoms with Crippen molar-refractivity contribution in [3.8, 4) is 11.3 Å². The molecule has 33 heavy (non-hydrogen) atoms. The summed E-state index contributed by atoms with van der Waals surface area (Å²) in [6.45, 7) is 0.194. The van der Waals surface area contributed by atoms with Crippen LogP contribution in [0.1, 0.15) is 0 Å². The summed E-state index contributed by atoms with van der Waals surface area (Å²) in [7, 11) is 0. The van der Waals surface area contributed by atoms with Gasteiger partial charge in [-0.15, -0.1) is 0 Å². The molecule has 0 bridgehead atoms. The molecule has 160 valence electrons. The van der Waals surface area contributed by atoms with Crippen LogP contribution in [0.15, 0.2) is 85.5 Å². The van der Waals surface area contributed by atoms with Crippen LogP contribution in [-0.4, -0.2) is 30.1 Å². The van der Waals surface area contributed by atoms with Gasteiger partial charge in [-0.25, -0.2) is 14.5 Å². The van der Waals surface area contributed by atoms with E-state index in [1.54, 1.807) is 23.3 Å². The fourth-order valence-electron chi connectivity index (χ4n) is 4.03. The number of hydrogen-bond donors (Lipinski definition) is 1. The van der Waals surface area contributed by atoms with E-state index in [9.17, 15) is 4.79 Å². The third-order valence-corrected chi connectivity index (χ3v) is 5.79. The van der Waals surface area contributed by atoms with Gasteiger partial charge in [-0.3, -0.25) is 4.79 Å². The maximum absolute atomic E-state index is 12.4. The number of benzene rings is 3. The Labute approximate surface area is 193 Å². The number of carbonyl (C=O) groups is 1. The highest BCUT2D eigenvalue weighted by atomic mass is 35.5. The van der Waals surface area contributed by atoms with Crippen molar-refractivity contribution in [2.24, 2.45) is 0 Å². The van der Waals surface area contributed by atoms with E-state index in [4.69, 9.17) is 21.7 Å². The molecule has 0 spiro atoms. The minimum Gasteiger partial charge on any atom is -0.328 e. The molecular weight excluding hydrogens is 436 g/mol. The van der Waals surface area contributed by atoms with Gasteiger partial charge in [0.05, 0.1) is 23.1 Å². The SMILES string of the molecule is O=C(Cn1ccnc1)Nc1ccc2c(c1)nc1c3ccccc3c(-c3ccc(Cl)cc3)nn21. The van der Waals surface area contributed by atoms with E-state index >= 15 is 0 Å². The molecule has 0 saturated heterocycles. The zero-order valence-corrected chi connectivity index (χ0v) is 18.1. The highest BCUT2D eigenvalue weighted by Gasteiger charge is 2.15. The number of aromatic nitrogens is 5. The summed E-state index contributed by atoms with van der Waals surface area (Å²) >= 11 is 6.09. The zero-order chi connectivity index (χ0) is 22.4. The molecule has 0 unspecified atom stereocenters. The molecule has 1 N–H and O–H groups in total. The Morgan fingerprint density at radius 2 is 1.82 bits per heavy atom. The number of anilines is 1. The monoisotopic (exact) mass is 452 g/mol. The number of amides is 1. The van der Waals surface area contributed by atoms with Crippen molar-refractivity contribution in [2.45, 2.75) is 6.54 Å². The summed E-state index contributed by atoms with van der Waals surface area (Å²) in [6, 6.07) is 21.4. The molecule has 0 radical (unpaired) electrons. The van der Waals surface area contributed by atoms with Gasteiger partial charge in [-0.05, 0) is 30.3 Å². The van der Waals surface area contributed by atoms with Crippen molar-refractivity contribution >= 4 is 50.6 Å². The first kappa shape index (κ1) is 19.5. The average Bonchev–Trinajstić information content (AvgIpc) is 3.46. The molecule has 3 aromatic heterocycles. The van der Waals surface area contributed by atoms with Crippen LogP contribution in [0.5, 0.6) is 0 Å². The average molecular weight is 453 g/mol. The Bertz CT molecular complexity index is 1640. The maximum Gasteiger partial charge on any atom is 0.244 e. The maximum atomic E-state index is 12.4. The lowest BCUT2D eigenvalue weighted by molar-refractivity contribution is -0.116. The van der Waals surface area contributed by atoms with E-state index in [0.29, 0.717) is 10.7 Å². The highest BCUT2D eigenvalue weighted by molar-refractivity contribution is 6.30.